The molecule has 0 unspecified atom stereocenters. The van der Waals surface area contributed by atoms with Crippen LogP contribution in [0.4, 0.5) is 0 Å². The van der Waals surface area contributed by atoms with Gasteiger partial charge < -0.3 is 10.5 Å². The Hall–Kier alpha value is -1.02. The highest BCUT2D eigenvalue weighted by Gasteiger charge is 2.37. The third kappa shape index (κ3) is 2.72. The molecule has 0 radical (unpaired) electrons. The molecule has 0 heterocycles. The van der Waals surface area contributed by atoms with Crippen molar-refractivity contribution in [3.8, 4) is 5.75 Å². The van der Waals surface area contributed by atoms with Crippen LogP contribution in [0.25, 0.3) is 0 Å². The van der Waals surface area contributed by atoms with E-state index in [-0.39, 0.29) is 5.54 Å². The van der Waals surface area contributed by atoms with Gasteiger partial charge in [-0.05, 0) is 37.3 Å². The molecule has 1 aliphatic carbocycles. The van der Waals surface area contributed by atoms with Crippen molar-refractivity contribution in [2.45, 2.75) is 38.1 Å². The highest BCUT2D eigenvalue weighted by Crippen LogP contribution is 2.35. The minimum Gasteiger partial charge on any atom is -0.493 e. The quantitative estimate of drug-likeness (QED) is 0.801. The first-order valence-corrected chi connectivity index (χ1v) is 5.73. The smallest absolute Gasteiger partial charge is 0.122 e. The molecule has 1 saturated carbocycles. The summed E-state index contributed by atoms with van der Waals surface area (Å²) in [5.41, 5.74) is 7.38. The SMILES string of the molecule is CCc1ccccc1OCCC1(N)CC1. The highest BCUT2D eigenvalue weighted by molar-refractivity contribution is 5.33. The predicted octanol–water partition coefficient (Wildman–Crippen LogP) is 2.51. The van der Waals surface area contributed by atoms with Gasteiger partial charge in [0.05, 0.1) is 6.61 Å². The molecule has 1 aliphatic rings. The number of aryl methyl sites for hydroxylation is 1. The van der Waals surface area contributed by atoms with Crippen molar-refractivity contribution in [2.24, 2.45) is 5.73 Å². The minimum atomic E-state index is 0.0984. The van der Waals surface area contributed by atoms with Gasteiger partial charge in [0.2, 0.25) is 0 Å². The van der Waals surface area contributed by atoms with Crippen molar-refractivity contribution in [2.75, 3.05) is 6.61 Å². The number of hydrogen-bond acceptors (Lipinski definition) is 2. The largest absolute Gasteiger partial charge is 0.493 e. The van der Waals surface area contributed by atoms with E-state index in [0.29, 0.717) is 0 Å². The number of para-hydroxylation sites is 1. The van der Waals surface area contributed by atoms with E-state index in [2.05, 4.69) is 19.1 Å². The van der Waals surface area contributed by atoms with Crippen molar-refractivity contribution in [3.05, 3.63) is 29.8 Å². The molecule has 0 aliphatic heterocycles. The minimum absolute atomic E-state index is 0.0984. The molecule has 0 amide bonds. The molecular weight excluding hydrogens is 186 g/mol. The van der Waals surface area contributed by atoms with E-state index in [4.69, 9.17) is 10.5 Å². The molecule has 1 aromatic carbocycles. The van der Waals surface area contributed by atoms with Gasteiger partial charge in [0.25, 0.3) is 0 Å². The molecule has 0 bridgehead atoms. The van der Waals surface area contributed by atoms with Crippen LogP contribution in [-0.2, 0) is 6.42 Å². The number of hydrogen-bond donors (Lipinski definition) is 1. The summed E-state index contributed by atoms with van der Waals surface area (Å²) in [5, 5.41) is 0. The molecule has 0 spiro atoms. The Balaban J connectivity index is 1.86. The number of nitrogens with two attached hydrogens (primary N) is 1. The van der Waals surface area contributed by atoms with Gasteiger partial charge in [-0.25, -0.2) is 0 Å². The van der Waals surface area contributed by atoms with Crippen LogP contribution in [0.15, 0.2) is 24.3 Å². The molecule has 15 heavy (non-hydrogen) atoms. The molecule has 2 N–H and O–H groups in total. The second-order valence-electron chi connectivity index (χ2n) is 4.42. The fourth-order valence-corrected chi connectivity index (χ4v) is 1.71. The van der Waals surface area contributed by atoms with Crippen LogP contribution in [0.5, 0.6) is 5.75 Å². The van der Waals surface area contributed by atoms with Crippen LogP contribution in [0.3, 0.4) is 0 Å². The second-order valence-corrected chi connectivity index (χ2v) is 4.42. The van der Waals surface area contributed by atoms with Gasteiger partial charge in [-0.15, -0.1) is 0 Å². The standard InChI is InChI=1S/C13H19NO/c1-2-11-5-3-4-6-12(11)15-10-9-13(14)7-8-13/h3-6H,2,7-10,14H2,1H3. The van der Waals surface area contributed by atoms with Crippen molar-refractivity contribution in [1.29, 1.82) is 0 Å². The lowest BCUT2D eigenvalue weighted by molar-refractivity contribution is 0.291. The zero-order valence-electron chi connectivity index (χ0n) is 9.33. The van der Waals surface area contributed by atoms with Gasteiger partial charge >= 0.3 is 0 Å². The molecule has 0 aromatic heterocycles. The van der Waals surface area contributed by atoms with E-state index < -0.39 is 0 Å². The Labute approximate surface area is 91.4 Å². The molecule has 0 atom stereocenters. The molecule has 2 nitrogen and oxygen atoms in total. The monoisotopic (exact) mass is 205 g/mol. The zero-order valence-corrected chi connectivity index (χ0v) is 9.33. The summed E-state index contributed by atoms with van der Waals surface area (Å²) >= 11 is 0. The molecule has 2 heteroatoms. The fraction of sp³-hybridized carbons (Fsp3) is 0.538. The predicted molar refractivity (Wildman–Crippen MR) is 62.1 cm³/mol. The molecule has 1 aromatic rings. The van der Waals surface area contributed by atoms with E-state index in [1.807, 2.05) is 12.1 Å². The van der Waals surface area contributed by atoms with E-state index >= 15 is 0 Å². The summed E-state index contributed by atoms with van der Waals surface area (Å²) in [6.45, 7) is 2.89. The molecular formula is C13H19NO. The van der Waals surface area contributed by atoms with Crippen LogP contribution >= 0.6 is 0 Å². The first kappa shape index (κ1) is 10.5. The van der Waals surface area contributed by atoms with E-state index in [9.17, 15) is 0 Å². The first-order chi connectivity index (χ1) is 7.23. The Morgan fingerprint density at radius 1 is 1.33 bits per heavy atom. The number of ether oxygens (including phenoxy) is 1. The van der Waals surface area contributed by atoms with Crippen LogP contribution in [0, 0.1) is 0 Å². The van der Waals surface area contributed by atoms with Crippen LogP contribution < -0.4 is 10.5 Å². The maximum Gasteiger partial charge on any atom is 0.122 e. The second kappa shape index (κ2) is 4.23. The van der Waals surface area contributed by atoms with Crippen molar-refractivity contribution in [1.82, 2.24) is 0 Å². The summed E-state index contributed by atoms with van der Waals surface area (Å²) < 4.78 is 5.76. The number of rotatable bonds is 5. The average Bonchev–Trinajstić information content (AvgIpc) is 2.97. The Morgan fingerprint density at radius 2 is 2.07 bits per heavy atom. The maximum atomic E-state index is 6.00. The molecule has 0 saturated heterocycles. The van der Waals surface area contributed by atoms with Crippen molar-refractivity contribution < 1.29 is 4.74 Å². The molecule has 1 fully saturated rings. The van der Waals surface area contributed by atoms with Gasteiger partial charge in [0, 0.05) is 5.54 Å². The van der Waals surface area contributed by atoms with Crippen LogP contribution in [0.1, 0.15) is 31.7 Å². The van der Waals surface area contributed by atoms with E-state index in [1.165, 1.54) is 5.56 Å². The summed E-state index contributed by atoms with van der Waals surface area (Å²) in [6.07, 6.45) is 4.31. The Morgan fingerprint density at radius 3 is 2.73 bits per heavy atom. The lowest BCUT2D eigenvalue weighted by atomic mass is 10.1. The number of benzene rings is 1. The maximum absolute atomic E-state index is 6.00. The summed E-state index contributed by atoms with van der Waals surface area (Å²) in [5.74, 6) is 1.02. The average molecular weight is 205 g/mol. The Bertz CT molecular complexity index is 331. The van der Waals surface area contributed by atoms with E-state index in [1.54, 1.807) is 0 Å². The molecule has 2 rings (SSSR count). The third-order valence-corrected chi connectivity index (χ3v) is 3.10. The van der Waals surface area contributed by atoms with Gasteiger partial charge in [-0.3, -0.25) is 0 Å². The van der Waals surface area contributed by atoms with Gasteiger partial charge in [-0.1, -0.05) is 25.1 Å². The van der Waals surface area contributed by atoms with Gasteiger partial charge in [-0.2, -0.15) is 0 Å². The van der Waals surface area contributed by atoms with Gasteiger partial charge in [0.1, 0.15) is 5.75 Å². The summed E-state index contributed by atoms with van der Waals surface area (Å²) in [6, 6.07) is 8.22. The lowest BCUT2D eigenvalue weighted by Crippen LogP contribution is -2.24. The van der Waals surface area contributed by atoms with Crippen LogP contribution in [0.2, 0.25) is 0 Å². The molecule has 82 valence electrons. The fourth-order valence-electron chi connectivity index (χ4n) is 1.71. The lowest BCUT2D eigenvalue weighted by Gasteiger charge is -2.12. The Kier molecular flexibility index (Phi) is 2.96. The van der Waals surface area contributed by atoms with E-state index in [0.717, 1.165) is 38.0 Å². The van der Waals surface area contributed by atoms with Crippen LogP contribution in [-0.4, -0.2) is 12.1 Å². The van der Waals surface area contributed by atoms with Gasteiger partial charge in [0.15, 0.2) is 0 Å². The zero-order chi connectivity index (χ0) is 10.7. The summed E-state index contributed by atoms with van der Waals surface area (Å²) in [7, 11) is 0. The highest BCUT2D eigenvalue weighted by atomic mass is 16.5. The first-order valence-electron chi connectivity index (χ1n) is 5.73. The summed E-state index contributed by atoms with van der Waals surface area (Å²) in [4.78, 5) is 0. The van der Waals surface area contributed by atoms with Crippen molar-refractivity contribution in [3.63, 3.8) is 0 Å². The normalized spacial score (nSPS) is 17.5. The van der Waals surface area contributed by atoms with Crippen molar-refractivity contribution >= 4 is 0 Å². The third-order valence-electron chi connectivity index (χ3n) is 3.10. The topological polar surface area (TPSA) is 35.2 Å².